The summed E-state index contributed by atoms with van der Waals surface area (Å²) in [7, 11) is 1.68. The molecule has 2 aromatic rings. The van der Waals surface area contributed by atoms with Crippen LogP contribution in [0.5, 0.6) is 0 Å². The smallest absolute Gasteiger partial charge is 0.251 e. The molecule has 6 heteroatoms. The van der Waals surface area contributed by atoms with Crippen LogP contribution in [0.3, 0.4) is 0 Å². The van der Waals surface area contributed by atoms with E-state index in [-0.39, 0.29) is 18.4 Å². The number of hydrogen-bond donors (Lipinski definition) is 1. The Bertz CT molecular complexity index is 702. The lowest BCUT2D eigenvalue weighted by Gasteiger charge is -2.17. The summed E-state index contributed by atoms with van der Waals surface area (Å²) in [6, 6.07) is 13.8. The molecule has 0 radical (unpaired) electrons. The third kappa shape index (κ3) is 5.27. The van der Waals surface area contributed by atoms with Crippen molar-refractivity contribution in [3.63, 3.8) is 0 Å². The molecule has 0 aliphatic rings. The number of nitrogens with zero attached hydrogens (tertiary/aromatic N) is 1. The van der Waals surface area contributed by atoms with E-state index in [0.717, 1.165) is 5.56 Å². The third-order valence-corrected chi connectivity index (χ3v) is 3.73. The lowest BCUT2D eigenvalue weighted by Crippen LogP contribution is -2.37. The van der Waals surface area contributed by atoms with Gasteiger partial charge in [0.25, 0.3) is 5.91 Å². The van der Waals surface area contributed by atoms with Gasteiger partial charge in [-0.15, -0.1) is 0 Å². The van der Waals surface area contributed by atoms with Crippen LogP contribution in [0.2, 0.25) is 10.0 Å². The summed E-state index contributed by atoms with van der Waals surface area (Å²) in [4.78, 5) is 25.6. The normalized spacial score (nSPS) is 10.2. The molecule has 23 heavy (non-hydrogen) atoms. The molecular formula is C17H16Cl2N2O2. The van der Waals surface area contributed by atoms with Gasteiger partial charge in [-0.05, 0) is 35.9 Å². The Morgan fingerprint density at radius 2 is 1.74 bits per heavy atom. The summed E-state index contributed by atoms with van der Waals surface area (Å²) in [6.45, 7) is 0.373. The zero-order valence-electron chi connectivity index (χ0n) is 12.6. The van der Waals surface area contributed by atoms with E-state index in [9.17, 15) is 9.59 Å². The molecule has 0 saturated carbocycles. The fourth-order valence-electron chi connectivity index (χ4n) is 1.97. The molecule has 0 aliphatic heterocycles. The Morgan fingerprint density at radius 1 is 1.04 bits per heavy atom. The van der Waals surface area contributed by atoms with Gasteiger partial charge >= 0.3 is 0 Å². The van der Waals surface area contributed by atoms with Crippen LogP contribution < -0.4 is 5.32 Å². The minimum atomic E-state index is -0.333. The first-order chi connectivity index (χ1) is 11.0. The highest BCUT2D eigenvalue weighted by molar-refractivity contribution is 6.31. The molecule has 1 N–H and O–H groups in total. The van der Waals surface area contributed by atoms with E-state index in [1.165, 1.54) is 0 Å². The predicted molar refractivity (Wildman–Crippen MR) is 91.7 cm³/mol. The van der Waals surface area contributed by atoms with Gasteiger partial charge in [0.15, 0.2) is 0 Å². The van der Waals surface area contributed by atoms with Gasteiger partial charge in [-0.1, -0.05) is 41.4 Å². The minimum absolute atomic E-state index is 0.0740. The fourth-order valence-corrected chi connectivity index (χ4v) is 2.29. The summed E-state index contributed by atoms with van der Waals surface area (Å²) in [5, 5.41) is 3.72. The van der Waals surface area contributed by atoms with Gasteiger partial charge < -0.3 is 10.2 Å². The Balaban J connectivity index is 1.86. The van der Waals surface area contributed by atoms with Crippen LogP contribution in [-0.2, 0) is 11.3 Å². The Hall–Kier alpha value is -2.04. The van der Waals surface area contributed by atoms with E-state index in [1.54, 1.807) is 48.3 Å². The lowest BCUT2D eigenvalue weighted by molar-refractivity contribution is -0.129. The average molecular weight is 351 g/mol. The van der Waals surface area contributed by atoms with E-state index in [1.807, 2.05) is 12.1 Å². The van der Waals surface area contributed by atoms with Crippen molar-refractivity contribution in [1.29, 1.82) is 0 Å². The number of benzene rings is 2. The second-order valence-corrected chi connectivity index (χ2v) is 5.94. The van der Waals surface area contributed by atoms with Gasteiger partial charge in [0, 0.05) is 29.2 Å². The van der Waals surface area contributed by atoms with Crippen LogP contribution in [0.15, 0.2) is 48.5 Å². The largest absolute Gasteiger partial charge is 0.343 e. The van der Waals surface area contributed by atoms with Gasteiger partial charge in [0.2, 0.25) is 5.91 Å². The molecule has 2 amide bonds. The summed E-state index contributed by atoms with van der Waals surface area (Å²) in [6.07, 6.45) is 0. The molecule has 0 spiro atoms. The number of amides is 2. The van der Waals surface area contributed by atoms with E-state index in [4.69, 9.17) is 23.2 Å². The first kappa shape index (κ1) is 17.3. The summed E-state index contributed by atoms with van der Waals surface area (Å²) in [5.41, 5.74) is 1.39. The topological polar surface area (TPSA) is 49.4 Å². The first-order valence-electron chi connectivity index (χ1n) is 6.98. The summed E-state index contributed by atoms with van der Waals surface area (Å²) in [5.74, 6) is -0.518. The van der Waals surface area contributed by atoms with Gasteiger partial charge in [-0.2, -0.15) is 0 Å². The molecular weight excluding hydrogens is 335 g/mol. The van der Waals surface area contributed by atoms with Gasteiger partial charge in [-0.25, -0.2) is 0 Å². The summed E-state index contributed by atoms with van der Waals surface area (Å²) >= 11 is 11.7. The van der Waals surface area contributed by atoms with Gasteiger partial charge in [0.1, 0.15) is 0 Å². The Kier molecular flexibility index (Phi) is 6.02. The van der Waals surface area contributed by atoms with Crippen molar-refractivity contribution in [2.75, 3.05) is 13.6 Å². The second kappa shape index (κ2) is 7.99. The quantitative estimate of drug-likeness (QED) is 0.898. The van der Waals surface area contributed by atoms with Crippen LogP contribution >= 0.6 is 23.2 Å². The lowest BCUT2D eigenvalue weighted by atomic mass is 10.2. The predicted octanol–water partition coefficient (Wildman–Crippen LogP) is 3.38. The third-order valence-electron chi connectivity index (χ3n) is 3.25. The minimum Gasteiger partial charge on any atom is -0.343 e. The molecule has 0 aliphatic carbocycles. The van der Waals surface area contributed by atoms with Gasteiger partial charge in [-0.3, -0.25) is 9.59 Å². The standard InChI is InChI=1S/C17H16Cl2N2O2/c1-21(11-12-5-7-14(18)8-6-12)16(22)10-20-17(23)13-3-2-4-15(19)9-13/h2-9H,10-11H2,1H3,(H,20,23). The molecule has 0 unspecified atom stereocenters. The van der Waals surface area contributed by atoms with E-state index < -0.39 is 0 Å². The van der Waals surface area contributed by atoms with E-state index in [2.05, 4.69) is 5.32 Å². The zero-order valence-corrected chi connectivity index (χ0v) is 14.1. The zero-order chi connectivity index (χ0) is 16.8. The molecule has 2 aromatic carbocycles. The number of carbonyl (C=O) groups is 2. The second-order valence-electron chi connectivity index (χ2n) is 5.07. The number of nitrogens with one attached hydrogen (secondary N) is 1. The van der Waals surface area contributed by atoms with Crippen molar-refractivity contribution in [1.82, 2.24) is 10.2 Å². The Morgan fingerprint density at radius 3 is 2.39 bits per heavy atom. The maximum absolute atomic E-state index is 12.1. The molecule has 0 heterocycles. The molecule has 0 saturated heterocycles. The number of rotatable bonds is 5. The molecule has 0 atom stereocenters. The molecule has 2 rings (SSSR count). The molecule has 0 aromatic heterocycles. The highest BCUT2D eigenvalue weighted by Gasteiger charge is 2.12. The van der Waals surface area contributed by atoms with Crippen LogP contribution in [0, 0.1) is 0 Å². The average Bonchev–Trinajstić information content (AvgIpc) is 2.54. The number of hydrogen-bond acceptors (Lipinski definition) is 2. The van der Waals surface area contributed by atoms with Crippen molar-refractivity contribution < 1.29 is 9.59 Å². The van der Waals surface area contributed by atoms with Crippen molar-refractivity contribution in [3.05, 3.63) is 69.7 Å². The van der Waals surface area contributed by atoms with E-state index in [0.29, 0.717) is 22.2 Å². The number of halogens is 2. The molecule has 0 bridgehead atoms. The fraction of sp³-hybridized carbons (Fsp3) is 0.176. The maximum Gasteiger partial charge on any atom is 0.251 e. The van der Waals surface area contributed by atoms with E-state index >= 15 is 0 Å². The monoisotopic (exact) mass is 350 g/mol. The highest BCUT2D eigenvalue weighted by atomic mass is 35.5. The SMILES string of the molecule is CN(Cc1ccc(Cl)cc1)C(=O)CNC(=O)c1cccc(Cl)c1. The number of likely N-dealkylation sites (N-methyl/N-ethyl adjacent to an activating group) is 1. The highest BCUT2D eigenvalue weighted by Crippen LogP contribution is 2.11. The molecule has 0 fully saturated rings. The molecule has 4 nitrogen and oxygen atoms in total. The van der Waals surface area contributed by atoms with Crippen LogP contribution in [-0.4, -0.2) is 30.3 Å². The molecule has 120 valence electrons. The van der Waals surface area contributed by atoms with Crippen LogP contribution in [0.4, 0.5) is 0 Å². The number of carbonyl (C=O) groups excluding carboxylic acids is 2. The van der Waals surface area contributed by atoms with Crippen molar-refractivity contribution in [2.45, 2.75) is 6.54 Å². The first-order valence-corrected chi connectivity index (χ1v) is 7.73. The van der Waals surface area contributed by atoms with Crippen molar-refractivity contribution >= 4 is 35.0 Å². The Labute approximate surface area is 145 Å². The summed E-state index contributed by atoms with van der Waals surface area (Å²) < 4.78 is 0. The van der Waals surface area contributed by atoms with Crippen LogP contribution in [0.1, 0.15) is 15.9 Å². The van der Waals surface area contributed by atoms with Crippen molar-refractivity contribution in [2.24, 2.45) is 0 Å². The maximum atomic E-state index is 12.1. The van der Waals surface area contributed by atoms with Crippen molar-refractivity contribution in [3.8, 4) is 0 Å². The van der Waals surface area contributed by atoms with Crippen LogP contribution in [0.25, 0.3) is 0 Å². The van der Waals surface area contributed by atoms with Gasteiger partial charge in [0.05, 0.1) is 6.54 Å².